The topological polar surface area (TPSA) is 104 Å². The molecule has 1 fully saturated rings. The number of hydrogen-bond donors (Lipinski definition) is 2. The van der Waals surface area contributed by atoms with Crippen molar-refractivity contribution in [2.45, 2.75) is 19.4 Å². The summed E-state index contributed by atoms with van der Waals surface area (Å²) in [5, 5.41) is 21.4. The lowest BCUT2D eigenvalue weighted by atomic mass is 10.1. The number of urea groups is 1. The molecule has 0 bridgehead atoms. The van der Waals surface area contributed by atoms with Gasteiger partial charge in [-0.2, -0.15) is 15.4 Å². The number of hydrogen-bond acceptors (Lipinski definition) is 6. The number of nitrogens with one attached hydrogen (secondary N) is 2. The number of nitriles is 1. The van der Waals surface area contributed by atoms with E-state index in [1.807, 2.05) is 49.4 Å². The molecule has 1 aliphatic heterocycles. The maximum Gasteiger partial charge on any atom is 0.320 e. The van der Waals surface area contributed by atoms with E-state index >= 15 is 0 Å². The number of allylic oxidation sites excluding steroid dienone is 5. The van der Waals surface area contributed by atoms with E-state index in [2.05, 4.69) is 23.3 Å². The van der Waals surface area contributed by atoms with Crippen molar-refractivity contribution < 1.29 is 14.4 Å². The second kappa shape index (κ2) is 12.5. The first-order chi connectivity index (χ1) is 16.6. The Morgan fingerprint density at radius 2 is 2.21 bits per heavy atom. The van der Waals surface area contributed by atoms with Crippen molar-refractivity contribution in [1.82, 2.24) is 20.2 Å². The highest BCUT2D eigenvalue weighted by molar-refractivity contribution is 5.91. The van der Waals surface area contributed by atoms with Gasteiger partial charge < -0.3 is 10.1 Å². The molecule has 9 heteroatoms. The Morgan fingerprint density at radius 3 is 2.91 bits per heavy atom. The van der Waals surface area contributed by atoms with Crippen LogP contribution in [0.4, 0.5) is 10.6 Å². The van der Waals surface area contributed by atoms with Crippen molar-refractivity contribution in [3.63, 3.8) is 0 Å². The van der Waals surface area contributed by atoms with E-state index in [4.69, 9.17) is 19.9 Å². The van der Waals surface area contributed by atoms with Crippen LogP contribution in [0, 0.1) is 18.3 Å². The van der Waals surface area contributed by atoms with Crippen LogP contribution in [0.15, 0.2) is 61.2 Å². The summed E-state index contributed by atoms with van der Waals surface area (Å²) in [6.07, 6.45) is 7.38. The zero-order chi connectivity index (χ0) is 24.3. The number of nitrogens with zero attached hydrogens (tertiary/aromatic N) is 4. The van der Waals surface area contributed by atoms with Gasteiger partial charge in [0.05, 0.1) is 43.1 Å². The molecule has 34 heavy (non-hydrogen) atoms. The molecule has 0 saturated carbocycles. The molecule has 1 aromatic carbocycles. The minimum Gasteiger partial charge on any atom is -0.383 e. The van der Waals surface area contributed by atoms with Crippen molar-refractivity contribution in [3.05, 3.63) is 72.5 Å². The molecule has 1 saturated heterocycles. The Labute approximate surface area is 199 Å². The maximum absolute atomic E-state index is 12.9. The summed E-state index contributed by atoms with van der Waals surface area (Å²) in [5.74, 6) is 0.553. The summed E-state index contributed by atoms with van der Waals surface area (Å²) < 4.78 is 6.78. The van der Waals surface area contributed by atoms with Gasteiger partial charge in [-0.1, -0.05) is 49.1 Å². The number of benzene rings is 1. The number of carbonyl (C=O) groups excluding carboxylic acids is 1. The van der Waals surface area contributed by atoms with Gasteiger partial charge in [-0.3, -0.25) is 10.2 Å². The zero-order valence-corrected chi connectivity index (χ0v) is 19.5. The molecule has 0 aliphatic carbocycles. The van der Waals surface area contributed by atoms with Crippen molar-refractivity contribution in [2.75, 3.05) is 38.7 Å². The van der Waals surface area contributed by atoms with Crippen LogP contribution < -0.4 is 10.6 Å². The summed E-state index contributed by atoms with van der Waals surface area (Å²) in [5.41, 5.74) is 3.07. The molecular formula is C25H30N6O3. The zero-order valence-electron chi connectivity index (χ0n) is 19.5. The van der Waals surface area contributed by atoms with Crippen LogP contribution in [0.2, 0.25) is 0 Å². The SMILES string of the molecule is C=C/C=C(\C=C/CC#N)c1nn(-c2ccccc2)c(NC(=O)N[C@H]2CON(CCOC)C2)c1C. The fourth-order valence-electron chi connectivity index (χ4n) is 3.56. The number of methoxy groups -OCH3 is 1. The number of anilines is 1. The third-order valence-electron chi connectivity index (χ3n) is 5.19. The number of hydroxylamine groups is 2. The number of rotatable bonds is 10. The minimum absolute atomic E-state index is 0.144. The van der Waals surface area contributed by atoms with E-state index in [-0.39, 0.29) is 18.5 Å². The van der Waals surface area contributed by atoms with Crippen LogP contribution in [0.25, 0.3) is 11.3 Å². The van der Waals surface area contributed by atoms with Gasteiger partial charge in [-0.25, -0.2) is 9.48 Å². The third kappa shape index (κ3) is 6.42. The summed E-state index contributed by atoms with van der Waals surface area (Å²) in [6.45, 7) is 7.86. The number of amides is 2. The Kier molecular flexibility index (Phi) is 9.17. The third-order valence-corrected chi connectivity index (χ3v) is 5.19. The van der Waals surface area contributed by atoms with Gasteiger partial charge in [0.2, 0.25) is 0 Å². The van der Waals surface area contributed by atoms with Crippen LogP contribution in [-0.2, 0) is 9.57 Å². The molecule has 1 aliphatic rings. The highest BCUT2D eigenvalue weighted by atomic mass is 16.7. The molecule has 9 nitrogen and oxygen atoms in total. The smallest absolute Gasteiger partial charge is 0.320 e. The molecule has 1 atom stereocenters. The van der Waals surface area contributed by atoms with Crippen molar-refractivity contribution in [3.8, 4) is 11.8 Å². The van der Waals surface area contributed by atoms with Crippen LogP contribution in [0.1, 0.15) is 17.7 Å². The normalized spacial score (nSPS) is 16.5. The lowest BCUT2D eigenvalue weighted by Crippen LogP contribution is -2.41. The minimum atomic E-state index is -0.344. The summed E-state index contributed by atoms with van der Waals surface area (Å²) in [7, 11) is 1.64. The summed E-state index contributed by atoms with van der Waals surface area (Å²) >= 11 is 0. The van der Waals surface area contributed by atoms with Gasteiger partial charge >= 0.3 is 6.03 Å². The molecule has 2 heterocycles. The number of para-hydroxylation sites is 1. The van der Waals surface area contributed by atoms with E-state index in [9.17, 15) is 4.79 Å². The fraction of sp³-hybridized carbons (Fsp3) is 0.320. The lowest BCUT2D eigenvalue weighted by Gasteiger charge is -2.15. The molecule has 0 radical (unpaired) electrons. The molecule has 2 N–H and O–H groups in total. The Bertz CT molecular complexity index is 1080. The predicted molar refractivity (Wildman–Crippen MR) is 131 cm³/mol. The summed E-state index contributed by atoms with van der Waals surface area (Å²) in [6, 6.07) is 11.2. The average molecular weight is 463 g/mol. The fourth-order valence-corrected chi connectivity index (χ4v) is 3.56. The molecule has 178 valence electrons. The van der Waals surface area contributed by atoms with Crippen LogP contribution in [-0.4, -0.2) is 60.3 Å². The average Bonchev–Trinajstić information content (AvgIpc) is 3.42. The molecule has 1 aromatic heterocycles. The quantitative estimate of drug-likeness (QED) is 0.523. The van der Waals surface area contributed by atoms with Crippen molar-refractivity contribution >= 4 is 17.4 Å². The molecular weight excluding hydrogens is 432 g/mol. The molecule has 3 rings (SSSR count). The van der Waals surface area contributed by atoms with Crippen LogP contribution >= 0.6 is 0 Å². The highest BCUT2D eigenvalue weighted by Crippen LogP contribution is 2.28. The van der Waals surface area contributed by atoms with E-state index in [1.165, 1.54) is 0 Å². The van der Waals surface area contributed by atoms with Gasteiger partial charge in [0.1, 0.15) is 5.82 Å². The second-order valence-corrected chi connectivity index (χ2v) is 7.66. The van der Waals surface area contributed by atoms with E-state index in [0.29, 0.717) is 37.8 Å². The Balaban J connectivity index is 1.85. The first-order valence-electron chi connectivity index (χ1n) is 11.0. The standard InChI is InChI=1S/C25H30N6O3/c1-4-10-20(11-8-9-14-26)23-19(2)24(31(29-23)22-12-6-5-7-13-22)28-25(32)27-21-17-30(34-18-21)15-16-33-3/h4-8,10-13,21H,1,9,15-18H2,2-3H3,(H2,27,28,32)/b11-8-,20-10+/t21-/m1/s1. The predicted octanol–water partition coefficient (Wildman–Crippen LogP) is 3.60. The van der Waals surface area contributed by atoms with Gasteiger partial charge in [0.15, 0.2) is 0 Å². The first kappa shape index (κ1) is 24.9. The van der Waals surface area contributed by atoms with E-state index < -0.39 is 0 Å². The molecule has 2 aromatic rings. The van der Waals surface area contributed by atoms with Gasteiger partial charge in [0.25, 0.3) is 0 Å². The van der Waals surface area contributed by atoms with Gasteiger partial charge in [-0.15, -0.1) is 0 Å². The number of carbonyl (C=O) groups is 1. The van der Waals surface area contributed by atoms with Gasteiger partial charge in [-0.05, 0) is 19.1 Å². The van der Waals surface area contributed by atoms with Crippen LogP contribution in [0.3, 0.4) is 0 Å². The van der Waals surface area contributed by atoms with Crippen LogP contribution in [0.5, 0.6) is 0 Å². The summed E-state index contributed by atoms with van der Waals surface area (Å²) in [4.78, 5) is 18.5. The van der Waals surface area contributed by atoms with E-state index in [1.54, 1.807) is 29.0 Å². The molecule has 0 spiro atoms. The Hall–Kier alpha value is -3.71. The molecule has 0 unspecified atom stereocenters. The number of aromatic nitrogens is 2. The number of ether oxygens (including phenoxy) is 1. The first-order valence-corrected chi connectivity index (χ1v) is 11.0. The van der Waals surface area contributed by atoms with E-state index in [0.717, 1.165) is 16.8 Å². The lowest BCUT2D eigenvalue weighted by molar-refractivity contribution is -0.118. The molecule has 2 amide bonds. The monoisotopic (exact) mass is 462 g/mol. The largest absolute Gasteiger partial charge is 0.383 e. The van der Waals surface area contributed by atoms with Crippen molar-refractivity contribution in [1.29, 1.82) is 5.26 Å². The Morgan fingerprint density at radius 1 is 1.41 bits per heavy atom. The van der Waals surface area contributed by atoms with Gasteiger partial charge in [0, 0.05) is 31.3 Å². The maximum atomic E-state index is 12.9. The highest BCUT2D eigenvalue weighted by Gasteiger charge is 2.26. The second-order valence-electron chi connectivity index (χ2n) is 7.66. The van der Waals surface area contributed by atoms with Crippen molar-refractivity contribution in [2.24, 2.45) is 0 Å².